The molecule has 0 unspecified atom stereocenters. The van der Waals surface area contributed by atoms with Gasteiger partial charge in [-0.2, -0.15) is 4.99 Å². The Morgan fingerprint density at radius 1 is 1.16 bits per heavy atom. The molecular weight excluding hydrogens is 350 g/mol. The summed E-state index contributed by atoms with van der Waals surface area (Å²) < 4.78 is 41.1. The van der Waals surface area contributed by atoms with Crippen molar-refractivity contribution in [2.24, 2.45) is 12.0 Å². The standard InChI is InChI=1S/C17H12F2N2O3S/c1-21-11-7-12-13(24-6-5-23-12)8-14(11)25-17(21)20-16(22)15-9(18)3-2-4-10(15)19/h2-4,7-8H,5-6H2,1H3. The highest BCUT2D eigenvalue weighted by Gasteiger charge is 2.18. The van der Waals surface area contributed by atoms with Gasteiger partial charge in [0.15, 0.2) is 16.3 Å². The maximum Gasteiger partial charge on any atom is 0.285 e. The lowest BCUT2D eigenvalue weighted by Crippen LogP contribution is -2.16. The molecular formula is C17H12F2N2O3S. The molecule has 0 fully saturated rings. The lowest BCUT2D eigenvalue weighted by atomic mass is 10.2. The highest BCUT2D eigenvalue weighted by atomic mass is 32.1. The van der Waals surface area contributed by atoms with Crippen LogP contribution in [0.4, 0.5) is 8.78 Å². The summed E-state index contributed by atoms with van der Waals surface area (Å²) >= 11 is 1.23. The molecule has 0 N–H and O–H groups in total. The number of ether oxygens (including phenoxy) is 2. The molecule has 1 aromatic heterocycles. The fraction of sp³-hybridized carbons (Fsp3) is 0.176. The average molecular weight is 362 g/mol. The molecule has 4 rings (SSSR count). The van der Waals surface area contributed by atoms with E-state index in [1.807, 2.05) is 6.07 Å². The number of aryl methyl sites for hydroxylation is 1. The van der Waals surface area contributed by atoms with Gasteiger partial charge in [-0.3, -0.25) is 4.79 Å². The van der Waals surface area contributed by atoms with E-state index in [4.69, 9.17) is 9.47 Å². The van der Waals surface area contributed by atoms with Gasteiger partial charge >= 0.3 is 0 Å². The van der Waals surface area contributed by atoms with Gasteiger partial charge in [0.1, 0.15) is 30.4 Å². The summed E-state index contributed by atoms with van der Waals surface area (Å²) in [6.07, 6.45) is 0. The second kappa shape index (κ2) is 5.96. The largest absolute Gasteiger partial charge is 0.486 e. The van der Waals surface area contributed by atoms with Gasteiger partial charge in [0.2, 0.25) is 0 Å². The third-order valence-corrected chi connectivity index (χ3v) is 4.94. The first kappa shape index (κ1) is 15.8. The van der Waals surface area contributed by atoms with E-state index in [9.17, 15) is 13.6 Å². The Hall–Kier alpha value is -2.74. The number of halogens is 2. The van der Waals surface area contributed by atoms with Gasteiger partial charge < -0.3 is 14.0 Å². The number of hydrogen-bond donors (Lipinski definition) is 0. The zero-order chi connectivity index (χ0) is 17.6. The third-order valence-electron chi connectivity index (χ3n) is 3.85. The fourth-order valence-electron chi connectivity index (χ4n) is 2.62. The molecule has 2 heterocycles. The van der Waals surface area contributed by atoms with E-state index in [1.54, 1.807) is 17.7 Å². The molecule has 1 aliphatic rings. The second-order valence-electron chi connectivity index (χ2n) is 5.42. The monoisotopic (exact) mass is 362 g/mol. The number of rotatable bonds is 1. The molecule has 0 aliphatic carbocycles. The van der Waals surface area contributed by atoms with Crippen LogP contribution in [0.1, 0.15) is 10.4 Å². The Balaban J connectivity index is 1.85. The highest BCUT2D eigenvalue weighted by Crippen LogP contribution is 2.35. The Kier molecular flexibility index (Phi) is 3.76. The average Bonchev–Trinajstić information content (AvgIpc) is 2.88. The maximum absolute atomic E-state index is 13.8. The number of aromatic nitrogens is 1. The van der Waals surface area contributed by atoms with E-state index in [0.717, 1.165) is 22.3 Å². The van der Waals surface area contributed by atoms with E-state index in [-0.39, 0.29) is 0 Å². The summed E-state index contributed by atoms with van der Waals surface area (Å²) in [4.78, 5) is 16.5. The number of hydrogen-bond acceptors (Lipinski definition) is 4. The molecule has 5 nitrogen and oxygen atoms in total. The molecule has 0 bridgehead atoms. The van der Waals surface area contributed by atoms with E-state index in [1.165, 1.54) is 17.4 Å². The van der Waals surface area contributed by atoms with Crippen molar-refractivity contribution >= 4 is 27.5 Å². The van der Waals surface area contributed by atoms with Crippen molar-refractivity contribution in [1.82, 2.24) is 4.57 Å². The van der Waals surface area contributed by atoms with Crippen LogP contribution in [0.25, 0.3) is 10.2 Å². The van der Waals surface area contributed by atoms with E-state index in [0.29, 0.717) is 29.5 Å². The molecule has 0 saturated heterocycles. The molecule has 1 amide bonds. The predicted octanol–water partition coefficient (Wildman–Crippen LogP) is 3.03. The Morgan fingerprint density at radius 2 is 1.80 bits per heavy atom. The summed E-state index contributed by atoms with van der Waals surface area (Å²) in [6.45, 7) is 0.937. The molecule has 0 atom stereocenters. The van der Waals surface area contributed by atoms with Crippen molar-refractivity contribution in [3.05, 3.63) is 52.3 Å². The van der Waals surface area contributed by atoms with Crippen LogP contribution < -0.4 is 14.3 Å². The second-order valence-corrected chi connectivity index (χ2v) is 6.43. The summed E-state index contributed by atoms with van der Waals surface area (Å²) in [5.41, 5.74) is 0.126. The molecule has 3 aromatic rings. The van der Waals surface area contributed by atoms with Gasteiger partial charge in [-0.15, -0.1) is 0 Å². The zero-order valence-corrected chi connectivity index (χ0v) is 13.9. The highest BCUT2D eigenvalue weighted by molar-refractivity contribution is 7.16. The van der Waals surface area contributed by atoms with Crippen LogP contribution in [0.2, 0.25) is 0 Å². The zero-order valence-electron chi connectivity index (χ0n) is 13.1. The van der Waals surface area contributed by atoms with Gasteiger partial charge in [0.05, 0.1) is 10.2 Å². The minimum atomic E-state index is -0.963. The third kappa shape index (κ3) is 2.68. The fourth-order valence-corrected chi connectivity index (χ4v) is 3.64. The Bertz CT molecular complexity index is 1050. The molecule has 8 heteroatoms. The van der Waals surface area contributed by atoms with Crippen molar-refractivity contribution < 1.29 is 23.0 Å². The van der Waals surface area contributed by atoms with Crippen LogP contribution >= 0.6 is 11.3 Å². The molecule has 0 radical (unpaired) electrons. The van der Waals surface area contributed by atoms with E-state index in [2.05, 4.69) is 4.99 Å². The first-order valence-electron chi connectivity index (χ1n) is 7.47. The van der Waals surface area contributed by atoms with Crippen LogP contribution in [-0.2, 0) is 7.05 Å². The molecule has 2 aromatic carbocycles. The quantitative estimate of drug-likeness (QED) is 0.669. The molecule has 0 spiro atoms. The molecule has 1 aliphatic heterocycles. The summed E-state index contributed by atoms with van der Waals surface area (Å²) in [5.74, 6) is -1.59. The van der Waals surface area contributed by atoms with Crippen molar-refractivity contribution in [2.75, 3.05) is 13.2 Å². The van der Waals surface area contributed by atoms with Crippen LogP contribution in [-0.4, -0.2) is 23.7 Å². The van der Waals surface area contributed by atoms with Crippen molar-refractivity contribution in [3.63, 3.8) is 0 Å². The SMILES string of the molecule is Cn1c(=NC(=O)c2c(F)cccc2F)sc2cc3c(cc21)OCCO3. The van der Waals surface area contributed by atoms with Gasteiger partial charge in [-0.05, 0) is 12.1 Å². The van der Waals surface area contributed by atoms with E-state index >= 15 is 0 Å². The predicted molar refractivity (Wildman–Crippen MR) is 88.0 cm³/mol. The first-order valence-corrected chi connectivity index (χ1v) is 8.28. The summed E-state index contributed by atoms with van der Waals surface area (Å²) in [6, 6.07) is 6.86. The number of fused-ring (bicyclic) bond motifs is 2. The topological polar surface area (TPSA) is 52.8 Å². The van der Waals surface area contributed by atoms with Gasteiger partial charge in [-0.25, -0.2) is 8.78 Å². The number of nitrogens with zero attached hydrogens (tertiary/aromatic N) is 2. The number of benzene rings is 2. The molecule has 0 saturated carbocycles. The number of thiazole rings is 1. The minimum Gasteiger partial charge on any atom is -0.486 e. The van der Waals surface area contributed by atoms with Crippen LogP contribution in [0, 0.1) is 11.6 Å². The van der Waals surface area contributed by atoms with Gasteiger partial charge in [-0.1, -0.05) is 17.4 Å². The smallest absolute Gasteiger partial charge is 0.285 e. The Morgan fingerprint density at radius 3 is 2.48 bits per heavy atom. The lowest BCUT2D eigenvalue weighted by Gasteiger charge is -2.18. The van der Waals surface area contributed by atoms with Crippen molar-refractivity contribution in [1.29, 1.82) is 0 Å². The molecule has 25 heavy (non-hydrogen) atoms. The summed E-state index contributed by atoms with van der Waals surface area (Å²) in [7, 11) is 1.72. The van der Waals surface area contributed by atoms with Gasteiger partial charge in [0, 0.05) is 19.2 Å². The number of amides is 1. The number of carbonyl (C=O) groups is 1. The maximum atomic E-state index is 13.8. The van der Waals surface area contributed by atoms with Crippen molar-refractivity contribution in [3.8, 4) is 11.5 Å². The summed E-state index contributed by atoms with van der Waals surface area (Å²) in [5, 5.41) is 0. The molecule has 128 valence electrons. The van der Waals surface area contributed by atoms with Crippen molar-refractivity contribution in [2.45, 2.75) is 0 Å². The van der Waals surface area contributed by atoms with Crippen LogP contribution in [0.15, 0.2) is 35.3 Å². The van der Waals surface area contributed by atoms with Gasteiger partial charge in [0.25, 0.3) is 5.91 Å². The van der Waals surface area contributed by atoms with E-state index < -0.39 is 23.1 Å². The normalized spacial score (nSPS) is 14.1. The number of carbonyl (C=O) groups excluding carboxylic acids is 1. The Labute approximate surface area is 144 Å². The minimum absolute atomic E-state index is 0.324. The lowest BCUT2D eigenvalue weighted by molar-refractivity contribution is 0.0990. The first-order chi connectivity index (χ1) is 12.0. The van der Waals surface area contributed by atoms with Crippen LogP contribution in [0.3, 0.4) is 0 Å². The van der Waals surface area contributed by atoms with Crippen LogP contribution in [0.5, 0.6) is 11.5 Å².